The van der Waals surface area contributed by atoms with E-state index in [-0.39, 0.29) is 16.6 Å². The molecule has 0 bridgehead atoms. The maximum absolute atomic E-state index is 11.8. The molecule has 116 valence electrons. The van der Waals surface area contributed by atoms with Crippen LogP contribution in [-0.2, 0) is 15.6 Å². The van der Waals surface area contributed by atoms with Gasteiger partial charge in [-0.05, 0) is 29.4 Å². The highest BCUT2D eigenvalue weighted by molar-refractivity contribution is 5.89. The molecule has 0 aliphatic heterocycles. The molecule has 0 unspecified atom stereocenters. The van der Waals surface area contributed by atoms with Crippen LogP contribution < -0.4 is 4.74 Å². The number of carbonyl (C=O) groups excluding carboxylic acids is 1. The third kappa shape index (κ3) is 3.87. The van der Waals surface area contributed by atoms with Crippen molar-refractivity contribution in [2.45, 2.75) is 59.3 Å². The fourth-order valence-electron chi connectivity index (χ4n) is 2.17. The zero-order chi connectivity index (χ0) is 16.6. The van der Waals surface area contributed by atoms with E-state index < -0.39 is 5.97 Å². The lowest BCUT2D eigenvalue weighted by molar-refractivity contribution is -0.130. The second-order valence-corrected chi connectivity index (χ2v) is 7.50. The molecule has 0 radical (unpaired) electrons. The summed E-state index contributed by atoms with van der Waals surface area (Å²) in [5.74, 6) is 0.103. The van der Waals surface area contributed by atoms with E-state index in [0.717, 1.165) is 5.56 Å². The zero-order valence-corrected chi connectivity index (χ0v) is 14.1. The minimum atomic E-state index is -0.483. The van der Waals surface area contributed by atoms with Crippen molar-refractivity contribution in [1.82, 2.24) is 0 Å². The Morgan fingerprint density at radius 2 is 1.62 bits per heavy atom. The molecule has 1 N–H and O–H groups in total. The molecule has 0 amide bonds. The van der Waals surface area contributed by atoms with Crippen molar-refractivity contribution in [2.75, 3.05) is 0 Å². The van der Waals surface area contributed by atoms with E-state index in [1.54, 1.807) is 13.0 Å². The molecule has 21 heavy (non-hydrogen) atoms. The van der Waals surface area contributed by atoms with E-state index in [0.29, 0.717) is 16.9 Å². The standard InChI is InChI=1S/C18H26O3/c1-11(2)16(20)21-13-10-9-12(17(3,4)5)15(19)14(13)18(6,7)8/h9-10,19H,1H2,2-8H3. The van der Waals surface area contributed by atoms with Gasteiger partial charge in [-0.1, -0.05) is 54.2 Å². The zero-order valence-electron chi connectivity index (χ0n) is 14.1. The van der Waals surface area contributed by atoms with Crippen LogP contribution in [0.3, 0.4) is 0 Å². The molecule has 0 fully saturated rings. The highest BCUT2D eigenvalue weighted by atomic mass is 16.5. The van der Waals surface area contributed by atoms with Crippen molar-refractivity contribution < 1.29 is 14.6 Å². The van der Waals surface area contributed by atoms with Crippen molar-refractivity contribution >= 4 is 5.97 Å². The number of ether oxygens (including phenoxy) is 1. The highest BCUT2D eigenvalue weighted by Crippen LogP contribution is 2.44. The van der Waals surface area contributed by atoms with Crippen LogP contribution >= 0.6 is 0 Å². The topological polar surface area (TPSA) is 46.5 Å². The van der Waals surface area contributed by atoms with Gasteiger partial charge in [0.25, 0.3) is 0 Å². The van der Waals surface area contributed by atoms with Crippen LogP contribution in [0.25, 0.3) is 0 Å². The Kier molecular flexibility index (Phi) is 4.57. The van der Waals surface area contributed by atoms with Gasteiger partial charge in [0.15, 0.2) is 0 Å². The normalized spacial score (nSPS) is 12.1. The summed E-state index contributed by atoms with van der Waals surface area (Å²) in [5.41, 5.74) is 1.26. The van der Waals surface area contributed by atoms with E-state index in [1.165, 1.54) is 0 Å². The fraction of sp³-hybridized carbons (Fsp3) is 0.500. The lowest BCUT2D eigenvalue weighted by Crippen LogP contribution is -2.20. The van der Waals surface area contributed by atoms with E-state index in [4.69, 9.17) is 4.74 Å². The van der Waals surface area contributed by atoms with Crippen molar-refractivity contribution in [1.29, 1.82) is 0 Å². The number of rotatable bonds is 2. The Morgan fingerprint density at radius 1 is 1.10 bits per heavy atom. The van der Waals surface area contributed by atoms with Gasteiger partial charge < -0.3 is 9.84 Å². The Morgan fingerprint density at radius 3 is 2.00 bits per heavy atom. The minimum absolute atomic E-state index is 0.193. The Balaban J connectivity index is 3.51. The monoisotopic (exact) mass is 290 g/mol. The molecule has 0 heterocycles. The second kappa shape index (κ2) is 5.55. The van der Waals surface area contributed by atoms with Crippen LogP contribution in [-0.4, -0.2) is 11.1 Å². The third-order valence-electron chi connectivity index (χ3n) is 3.25. The predicted octanol–water partition coefficient (Wildman–Crippen LogP) is 4.47. The molecule has 0 saturated carbocycles. The van der Waals surface area contributed by atoms with Gasteiger partial charge in [-0.15, -0.1) is 0 Å². The summed E-state index contributed by atoms with van der Waals surface area (Å²) >= 11 is 0. The summed E-state index contributed by atoms with van der Waals surface area (Å²) < 4.78 is 5.38. The number of aromatic hydroxyl groups is 1. The average molecular weight is 290 g/mol. The van der Waals surface area contributed by atoms with Crippen molar-refractivity contribution in [3.63, 3.8) is 0 Å². The molecule has 3 heteroatoms. The van der Waals surface area contributed by atoms with Gasteiger partial charge in [0.1, 0.15) is 11.5 Å². The van der Waals surface area contributed by atoms with Crippen molar-refractivity contribution in [3.05, 3.63) is 35.4 Å². The molecular weight excluding hydrogens is 264 g/mol. The summed E-state index contributed by atoms with van der Waals surface area (Å²) in [5, 5.41) is 10.7. The summed E-state index contributed by atoms with van der Waals surface area (Å²) in [6.07, 6.45) is 0. The third-order valence-corrected chi connectivity index (χ3v) is 3.25. The number of carbonyl (C=O) groups is 1. The molecule has 0 aliphatic carbocycles. The van der Waals surface area contributed by atoms with E-state index in [2.05, 4.69) is 6.58 Å². The number of hydrogen-bond acceptors (Lipinski definition) is 3. The van der Waals surface area contributed by atoms with Crippen LogP contribution in [0.4, 0.5) is 0 Å². The van der Waals surface area contributed by atoms with E-state index >= 15 is 0 Å². The number of benzene rings is 1. The molecule has 3 nitrogen and oxygen atoms in total. The molecule has 0 aliphatic rings. The van der Waals surface area contributed by atoms with Crippen molar-refractivity contribution in [2.24, 2.45) is 0 Å². The quantitative estimate of drug-likeness (QED) is 0.496. The lowest BCUT2D eigenvalue weighted by Gasteiger charge is -2.28. The van der Waals surface area contributed by atoms with Gasteiger partial charge in [0, 0.05) is 11.1 Å². The van der Waals surface area contributed by atoms with Crippen LogP contribution in [0.2, 0.25) is 0 Å². The summed E-state index contributed by atoms with van der Waals surface area (Å²) in [7, 11) is 0. The molecule has 0 spiro atoms. The molecule has 0 atom stereocenters. The fourth-order valence-corrected chi connectivity index (χ4v) is 2.17. The number of hydrogen-bond donors (Lipinski definition) is 1. The lowest BCUT2D eigenvalue weighted by atomic mass is 9.79. The Hall–Kier alpha value is -1.77. The van der Waals surface area contributed by atoms with Crippen LogP contribution in [0.1, 0.15) is 59.6 Å². The maximum Gasteiger partial charge on any atom is 0.338 e. The molecule has 1 aromatic carbocycles. The molecule has 1 aromatic rings. The highest BCUT2D eigenvalue weighted by Gasteiger charge is 2.29. The van der Waals surface area contributed by atoms with E-state index in [9.17, 15) is 9.90 Å². The Labute approximate surface area is 127 Å². The van der Waals surface area contributed by atoms with Crippen LogP contribution in [0, 0.1) is 0 Å². The van der Waals surface area contributed by atoms with Gasteiger partial charge in [0.2, 0.25) is 0 Å². The summed E-state index contributed by atoms with van der Waals surface area (Å²) in [6, 6.07) is 3.56. The van der Waals surface area contributed by atoms with Crippen LogP contribution in [0.15, 0.2) is 24.3 Å². The van der Waals surface area contributed by atoms with Gasteiger partial charge in [-0.25, -0.2) is 4.79 Å². The smallest absolute Gasteiger partial charge is 0.338 e. The molecule has 0 saturated heterocycles. The van der Waals surface area contributed by atoms with Gasteiger partial charge in [-0.2, -0.15) is 0 Å². The van der Waals surface area contributed by atoms with E-state index in [1.807, 2.05) is 47.6 Å². The molecular formula is C18H26O3. The minimum Gasteiger partial charge on any atom is -0.507 e. The molecule has 0 aromatic heterocycles. The second-order valence-electron chi connectivity index (χ2n) is 7.50. The number of phenolic OH excluding ortho intramolecular Hbond substituents is 1. The first-order valence-corrected chi connectivity index (χ1v) is 7.10. The van der Waals surface area contributed by atoms with Crippen molar-refractivity contribution in [3.8, 4) is 11.5 Å². The number of phenols is 1. The average Bonchev–Trinajstić information content (AvgIpc) is 2.24. The predicted molar refractivity (Wildman–Crippen MR) is 86.0 cm³/mol. The van der Waals surface area contributed by atoms with Gasteiger partial charge in [-0.3, -0.25) is 0 Å². The maximum atomic E-state index is 11.8. The SMILES string of the molecule is C=C(C)C(=O)Oc1ccc(C(C)(C)C)c(O)c1C(C)(C)C. The van der Waals surface area contributed by atoms with Crippen LogP contribution in [0.5, 0.6) is 11.5 Å². The first-order chi connectivity index (χ1) is 9.35. The number of esters is 1. The first kappa shape index (κ1) is 17.3. The van der Waals surface area contributed by atoms with Gasteiger partial charge >= 0.3 is 5.97 Å². The first-order valence-electron chi connectivity index (χ1n) is 7.10. The largest absolute Gasteiger partial charge is 0.507 e. The summed E-state index contributed by atoms with van der Waals surface area (Å²) in [6.45, 7) is 17.2. The van der Waals surface area contributed by atoms with Gasteiger partial charge in [0.05, 0.1) is 0 Å². The summed E-state index contributed by atoms with van der Waals surface area (Å²) in [4.78, 5) is 11.8. The molecule has 1 rings (SSSR count). The Bertz CT molecular complexity index is 569.